The molecule has 0 saturated carbocycles. The molecule has 1 atom stereocenters. The lowest BCUT2D eigenvalue weighted by Crippen LogP contribution is -2.37. The van der Waals surface area contributed by atoms with Crippen molar-refractivity contribution in [3.63, 3.8) is 0 Å². The maximum absolute atomic E-state index is 12.2. The molecule has 0 unspecified atom stereocenters. The highest BCUT2D eigenvalue weighted by atomic mass is 35.5. The Morgan fingerprint density at radius 3 is 2.23 bits per heavy atom. The Labute approximate surface area is 196 Å². The molecule has 8 heteroatoms. The van der Waals surface area contributed by atoms with E-state index < -0.39 is 10.2 Å². The van der Waals surface area contributed by atoms with Crippen molar-refractivity contribution in [3.8, 4) is 0 Å². The maximum atomic E-state index is 12.2. The summed E-state index contributed by atoms with van der Waals surface area (Å²) in [6, 6.07) is 15.8. The number of halogens is 2. The Morgan fingerprint density at radius 1 is 0.903 bits per heavy atom. The molecular weight excluding hydrogens is 453 g/mol. The van der Waals surface area contributed by atoms with E-state index in [4.69, 9.17) is 23.2 Å². The molecule has 170 valence electrons. The van der Waals surface area contributed by atoms with Gasteiger partial charge in [0.05, 0.1) is 0 Å². The summed E-state index contributed by atoms with van der Waals surface area (Å²) >= 11 is 11.8. The Hall–Kier alpha value is -1.15. The summed E-state index contributed by atoms with van der Waals surface area (Å²) in [4.78, 5) is 2.56. The first kappa shape index (κ1) is 24.5. The van der Waals surface area contributed by atoms with Crippen LogP contribution in [-0.2, 0) is 23.2 Å². The van der Waals surface area contributed by atoms with Crippen molar-refractivity contribution in [1.82, 2.24) is 14.3 Å². The second-order valence-corrected chi connectivity index (χ2v) is 10.5. The minimum atomic E-state index is -3.50. The summed E-state index contributed by atoms with van der Waals surface area (Å²) in [6.07, 6.45) is 6.45. The summed E-state index contributed by atoms with van der Waals surface area (Å²) in [5, 5.41) is 1.41. The molecule has 0 amide bonds. The van der Waals surface area contributed by atoms with Crippen molar-refractivity contribution < 1.29 is 8.42 Å². The van der Waals surface area contributed by atoms with E-state index in [0.29, 0.717) is 17.6 Å². The summed E-state index contributed by atoms with van der Waals surface area (Å²) in [5.74, 6) is 0. The van der Waals surface area contributed by atoms with Gasteiger partial charge in [-0.25, -0.2) is 4.72 Å². The van der Waals surface area contributed by atoms with Crippen molar-refractivity contribution in [2.75, 3.05) is 19.6 Å². The van der Waals surface area contributed by atoms with E-state index in [1.807, 2.05) is 24.3 Å². The number of benzene rings is 2. The molecule has 1 fully saturated rings. The van der Waals surface area contributed by atoms with Crippen LogP contribution in [0.1, 0.15) is 43.2 Å². The third kappa shape index (κ3) is 8.72. The third-order valence-corrected chi connectivity index (χ3v) is 7.32. The molecule has 2 N–H and O–H groups in total. The van der Waals surface area contributed by atoms with Crippen LogP contribution in [0.15, 0.2) is 48.5 Å². The van der Waals surface area contributed by atoms with E-state index in [0.717, 1.165) is 49.4 Å². The van der Waals surface area contributed by atoms with Gasteiger partial charge in [0, 0.05) is 29.2 Å². The summed E-state index contributed by atoms with van der Waals surface area (Å²) in [6.45, 7) is 2.92. The van der Waals surface area contributed by atoms with E-state index in [2.05, 4.69) is 26.5 Å². The lowest BCUT2D eigenvalue weighted by Gasteiger charge is -2.24. The Bertz CT molecular complexity index is 905. The molecule has 1 saturated heterocycles. The van der Waals surface area contributed by atoms with E-state index >= 15 is 0 Å². The number of likely N-dealkylation sites (tertiary alicyclic amines) is 1. The van der Waals surface area contributed by atoms with Gasteiger partial charge in [0.25, 0.3) is 10.2 Å². The van der Waals surface area contributed by atoms with Crippen molar-refractivity contribution in [3.05, 3.63) is 69.7 Å². The molecule has 3 rings (SSSR count). The van der Waals surface area contributed by atoms with Gasteiger partial charge in [-0.2, -0.15) is 13.1 Å². The van der Waals surface area contributed by atoms with Gasteiger partial charge < -0.3 is 4.90 Å². The van der Waals surface area contributed by atoms with Crippen LogP contribution in [0, 0.1) is 0 Å². The lowest BCUT2D eigenvalue weighted by molar-refractivity contribution is 0.237. The van der Waals surface area contributed by atoms with Gasteiger partial charge in [0.2, 0.25) is 0 Å². The van der Waals surface area contributed by atoms with Crippen LogP contribution in [0.2, 0.25) is 10.0 Å². The molecule has 1 aliphatic heterocycles. The molecule has 2 aromatic rings. The highest BCUT2D eigenvalue weighted by Crippen LogP contribution is 2.22. The average molecular weight is 484 g/mol. The molecule has 0 aromatic heterocycles. The van der Waals surface area contributed by atoms with Crippen molar-refractivity contribution in [1.29, 1.82) is 0 Å². The fourth-order valence-electron chi connectivity index (χ4n) is 4.03. The van der Waals surface area contributed by atoms with Gasteiger partial charge in [-0.3, -0.25) is 0 Å². The first-order valence-electron chi connectivity index (χ1n) is 10.9. The molecule has 2 aromatic carbocycles. The Balaban J connectivity index is 1.32. The topological polar surface area (TPSA) is 61.4 Å². The van der Waals surface area contributed by atoms with E-state index in [1.165, 1.54) is 18.4 Å². The maximum Gasteiger partial charge on any atom is 0.277 e. The van der Waals surface area contributed by atoms with Gasteiger partial charge >= 0.3 is 0 Å². The van der Waals surface area contributed by atoms with Crippen LogP contribution < -0.4 is 9.44 Å². The molecule has 1 aliphatic rings. The van der Waals surface area contributed by atoms with Gasteiger partial charge in [-0.05, 0) is 87.0 Å². The number of nitrogens with zero attached hydrogens (tertiary/aromatic N) is 1. The zero-order valence-electron chi connectivity index (χ0n) is 17.7. The lowest BCUT2D eigenvalue weighted by atomic mass is 10.1. The molecule has 0 spiro atoms. The van der Waals surface area contributed by atoms with Gasteiger partial charge in [-0.15, -0.1) is 0 Å². The fraction of sp³-hybridized carbons (Fsp3) is 0.478. The van der Waals surface area contributed by atoms with Crippen LogP contribution in [0.4, 0.5) is 0 Å². The smallest absolute Gasteiger partial charge is 0.277 e. The van der Waals surface area contributed by atoms with E-state index in [1.54, 1.807) is 12.1 Å². The van der Waals surface area contributed by atoms with Gasteiger partial charge in [-0.1, -0.05) is 47.5 Å². The minimum Gasteiger partial charge on any atom is -0.300 e. The molecule has 31 heavy (non-hydrogen) atoms. The van der Waals surface area contributed by atoms with Crippen LogP contribution in [0.25, 0.3) is 0 Å². The normalized spacial score (nSPS) is 17.3. The van der Waals surface area contributed by atoms with Gasteiger partial charge in [0.1, 0.15) is 0 Å². The number of nitrogens with one attached hydrogen (secondary N) is 2. The largest absolute Gasteiger partial charge is 0.300 e. The summed E-state index contributed by atoms with van der Waals surface area (Å²) < 4.78 is 29.6. The number of rotatable bonds is 12. The van der Waals surface area contributed by atoms with E-state index in [9.17, 15) is 8.42 Å². The summed E-state index contributed by atoms with van der Waals surface area (Å²) in [7, 11) is -3.50. The number of hydrogen-bond donors (Lipinski definition) is 2. The Morgan fingerprint density at radius 2 is 1.55 bits per heavy atom. The quantitative estimate of drug-likeness (QED) is 0.426. The summed E-state index contributed by atoms with van der Waals surface area (Å²) in [5.41, 5.74) is 2.19. The Kier molecular flexibility index (Phi) is 9.63. The molecule has 0 aliphatic carbocycles. The minimum absolute atomic E-state index is 0.247. The van der Waals surface area contributed by atoms with Gasteiger partial charge in [0.15, 0.2) is 0 Å². The number of aryl methyl sites for hydroxylation is 1. The van der Waals surface area contributed by atoms with Crippen molar-refractivity contribution >= 4 is 33.4 Å². The zero-order valence-corrected chi connectivity index (χ0v) is 20.0. The molecule has 1 heterocycles. The monoisotopic (exact) mass is 483 g/mol. The van der Waals surface area contributed by atoms with E-state index in [-0.39, 0.29) is 6.54 Å². The third-order valence-electron chi connectivity index (χ3n) is 5.71. The number of hydrogen-bond acceptors (Lipinski definition) is 3. The average Bonchev–Trinajstić information content (AvgIpc) is 3.20. The van der Waals surface area contributed by atoms with Crippen LogP contribution in [-0.4, -0.2) is 39.0 Å². The van der Waals surface area contributed by atoms with Crippen molar-refractivity contribution in [2.24, 2.45) is 0 Å². The van der Waals surface area contributed by atoms with Crippen LogP contribution >= 0.6 is 23.2 Å². The van der Waals surface area contributed by atoms with Crippen molar-refractivity contribution in [2.45, 2.75) is 51.1 Å². The molecular formula is C23H31Cl2N3O2S. The molecule has 0 bridgehead atoms. The SMILES string of the molecule is O=S(=O)(NCCC[C@@H]1CCCN1CCCc1ccc(Cl)cc1)NCc1ccc(Cl)cc1. The first-order valence-corrected chi connectivity index (χ1v) is 13.1. The predicted octanol–water partition coefficient (Wildman–Crippen LogP) is 4.79. The zero-order chi connectivity index (χ0) is 22.1. The van der Waals surface area contributed by atoms with Crippen LogP contribution in [0.5, 0.6) is 0 Å². The first-order chi connectivity index (χ1) is 14.9. The second-order valence-electron chi connectivity index (χ2n) is 8.05. The molecule has 5 nitrogen and oxygen atoms in total. The molecule has 0 radical (unpaired) electrons. The second kappa shape index (κ2) is 12.2. The predicted molar refractivity (Wildman–Crippen MR) is 129 cm³/mol. The highest BCUT2D eigenvalue weighted by Gasteiger charge is 2.23. The highest BCUT2D eigenvalue weighted by molar-refractivity contribution is 7.87. The fourth-order valence-corrected chi connectivity index (χ4v) is 5.15. The standard InChI is InChI=1S/C23H31Cl2N3O2S/c24-21-11-7-19(8-12-21)4-2-16-28-17-3-6-23(28)5-1-15-26-31(29,30)27-18-20-9-13-22(25)14-10-20/h7-14,23,26-27H,1-6,15-18H2/t23-/m1/s1. The van der Waals surface area contributed by atoms with Crippen LogP contribution in [0.3, 0.4) is 0 Å².